The maximum Gasteiger partial charge on any atom is 0.265 e. The minimum atomic E-state index is -0.0705. The average Bonchev–Trinajstić information content (AvgIpc) is 2.99. The van der Waals surface area contributed by atoms with E-state index in [1.54, 1.807) is 6.20 Å². The van der Waals surface area contributed by atoms with Crippen molar-refractivity contribution < 1.29 is 22.1 Å². The van der Waals surface area contributed by atoms with Gasteiger partial charge in [0, 0.05) is 6.08 Å². The largest absolute Gasteiger partial charge is 1.00 e. The van der Waals surface area contributed by atoms with Crippen LogP contribution in [0.5, 0.6) is 0 Å². The molecule has 1 atom stereocenters. The molecule has 3 heterocycles. The van der Waals surface area contributed by atoms with Crippen molar-refractivity contribution in [2.24, 2.45) is 4.99 Å². The molecule has 0 aliphatic carbocycles. The Labute approximate surface area is 114 Å². The number of hydrogen-bond donors (Lipinski definition) is 2. The Balaban J connectivity index is 0.00000120. The summed E-state index contributed by atoms with van der Waals surface area (Å²) in [5.74, 6) is 0.873. The van der Waals surface area contributed by atoms with Crippen molar-refractivity contribution in [3.63, 3.8) is 0 Å². The van der Waals surface area contributed by atoms with E-state index in [1.165, 1.54) is 11.3 Å². The zero-order valence-electron chi connectivity index (χ0n) is 9.26. The molecular weight excluding hydrogens is 270 g/mol. The number of nitrogens with one attached hydrogen (secondary N) is 2. The normalized spacial score (nSPS) is 19.7. The molecule has 1 amide bonds. The first kappa shape index (κ1) is 12.8. The van der Waals surface area contributed by atoms with Gasteiger partial charge >= 0.3 is 0 Å². The molecule has 1 aromatic rings. The predicted octanol–water partition coefficient (Wildman–Crippen LogP) is -2.34. The van der Waals surface area contributed by atoms with Crippen LogP contribution in [0.3, 0.4) is 0 Å². The van der Waals surface area contributed by atoms with Crippen molar-refractivity contribution in [2.75, 3.05) is 0 Å². The minimum Gasteiger partial charge on any atom is -1.00 e. The highest BCUT2D eigenvalue weighted by molar-refractivity contribution is 7.12. The summed E-state index contributed by atoms with van der Waals surface area (Å²) < 4.78 is 0. The summed E-state index contributed by atoms with van der Waals surface area (Å²) in [6.45, 7) is 0. The topological polar surface area (TPSA) is 45.9 Å². The van der Waals surface area contributed by atoms with E-state index in [0.717, 1.165) is 16.4 Å². The number of amides is 1. The van der Waals surface area contributed by atoms with Crippen LogP contribution in [0.15, 0.2) is 59.0 Å². The van der Waals surface area contributed by atoms with Gasteiger partial charge in [0.2, 0.25) is 5.84 Å². The third-order valence-corrected chi connectivity index (χ3v) is 3.37. The highest BCUT2D eigenvalue weighted by Crippen LogP contribution is 2.09. The zero-order chi connectivity index (χ0) is 11.7. The van der Waals surface area contributed by atoms with Crippen molar-refractivity contribution in [2.45, 2.75) is 0 Å². The van der Waals surface area contributed by atoms with Crippen molar-refractivity contribution in [3.8, 4) is 0 Å². The number of hydrogen-bond acceptors (Lipinski definition) is 3. The number of halogens is 1. The van der Waals surface area contributed by atoms with Crippen LogP contribution < -0.4 is 22.6 Å². The number of quaternary nitrogens is 1. The summed E-state index contributed by atoms with van der Waals surface area (Å²) in [7, 11) is 0. The van der Waals surface area contributed by atoms with E-state index in [9.17, 15) is 4.79 Å². The van der Waals surface area contributed by atoms with E-state index in [0.29, 0.717) is 4.88 Å². The monoisotopic (exact) mass is 279 g/mol. The summed E-state index contributed by atoms with van der Waals surface area (Å²) in [5, 5.41) is 4.76. The SMILES string of the molecule is O=C(NC1=C[NH+]2C=CN=C2C=C1)c1cccs1.[Cl-]. The average molecular weight is 280 g/mol. The van der Waals surface area contributed by atoms with Gasteiger partial charge in [0.15, 0.2) is 0 Å². The van der Waals surface area contributed by atoms with Gasteiger partial charge in [0.1, 0.15) is 12.4 Å². The Morgan fingerprint density at radius 1 is 1.39 bits per heavy atom. The van der Waals surface area contributed by atoms with Gasteiger partial charge < -0.3 is 17.7 Å². The molecule has 1 aromatic heterocycles. The van der Waals surface area contributed by atoms with E-state index in [2.05, 4.69) is 10.3 Å². The predicted molar refractivity (Wildman–Crippen MR) is 66.5 cm³/mol. The lowest BCUT2D eigenvalue weighted by Gasteiger charge is -2.11. The van der Waals surface area contributed by atoms with Gasteiger partial charge in [-0.05, 0) is 17.5 Å². The van der Waals surface area contributed by atoms with Gasteiger partial charge in [-0.25, -0.2) is 4.90 Å². The quantitative estimate of drug-likeness (QED) is 0.626. The molecule has 0 bridgehead atoms. The van der Waals surface area contributed by atoms with Gasteiger partial charge in [-0.3, -0.25) is 4.79 Å². The lowest BCUT2D eigenvalue weighted by atomic mass is 10.3. The molecule has 0 saturated heterocycles. The van der Waals surface area contributed by atoms with E-state index in [-0.39, 0.29) is 18.3 Å². The fourth-order valence-electron chi connectivity index (χ4n) is 1.68. The molecule has 3 rings (SSSR count). The molecule has 0 fully saturated rings. The number of rotatable bonds is 2. The van der Waals surface area contributed by atoms with Gasteiger partial charge in [-0.1, -0.05) is 6.07 Å². The third kappa shape index (κ3) is 2.43. The van der Waals surface area contributed by atoms with Crippen LogP contribution >= 0.6 is 11.3 Å². The van der Waals surface area contributed by atoms with Gasteiger partial charge in [-0.2, -0.15) is 4.99 Å². The lowest BCUT2D eigenvalue weighted by molar-refractivity contribution is -0.679. The molecule has 0 saturated carbocycles. The summed E-state index contributed by atoms with van der Waals surface area (Å²) in [5.41, 5.74) is 0.795. The van der Waals surface area contributed by atoms with Crippen molar-refractivity contribution in [3.05, 3.63) is 58.8 Å². The lowest BCUT2D eigenvalue weighted by Crippen LogP contribution is -3.05. The number of fused-ring (bicyclic) bond motifs is 1. The second-order valence-electron chi connectivity index (χ2n) is 3.65. The van der Waals surface area contributed by atoms with E-state index >= 15 is 0 Å². The molecule has 1 unspecified atom stereocenters. The second-order valence-corrected chi connectivity index (χ2v) is 4.60. The van der Waals surface area contributed by atoms with Crippen molar-refractivity contribution in [1.82, 2.24) is 5.32 Å². The van der Waals surface area contributed by atoms with Crippen molar-refractivity contribution in [1.29, 1.82) is 0 Å². The first-order valence-electron chi connectivity index (χ1n) is 5.19. The smallest absolute Gasteiger partial charge is 0.265 e. The van der Waals surface area contributed by atoms with E-state index in [4.69, 9.17) is 0 Å². The number of nitrogens with zero attached hydrogens (tertiary/aromatic N) is 1. The number of carbonyl (C=O) groups is 1. The fraction of sp³-hybridized carbons (Fsp3) is 0. The fourth-order valence-corrected chi connectivity index (χ4v) is 2.30. The zero-order valence-corrected chi connectivity index (χ0v) is 10.8. The first-order chi connectivity index (χ1) is 8.33. The standard InChI is InChI=1S/C12H9N3OS.ClH/c16-12(10-2-1-7-17-10)14-9-3-4-11-13-5-6-15(11)8-9;/h1-8H,(H,14,16);1H. The second kappa shape index (κ2) is 5.30. The van der Waals surface area contributed by atoms with Gasteiger partial charge in [0.05, 0.1) is 16.8 Å². The van der Waals surface area contributed by atoms with Crippen LogP contribution in [0.2, 0.25) is 0 Å². The number of allylic oxidation sites excluding steroid dienone is 1. The summed E-state index contributed by atoms with van der Waals surface area (Å²) >= 11 is 1.43. The molecule has 0 spiro atoms. The number of thiophene rings is 1. The molecular formula is C12H10ClN3OS. The molecule has 92 valence electrons. The maximum absolute atomic E-state index is 11.8. The number of carbonyl (C=O) groups excluding carboxylic acids is 1. The maximum atomic E-state index is 11.8. The molecule has 2 aliphatic heterocycles. The Hall–Kier alpha value is -1.69. The molecule has 2 N–H and O–H groups in total. The van der Waals surface area contributed by atoms with Crippen LogP contribution in [-0.4, -0.2) is 11.7 Å². The van der Waals surface area contributed by atoms with Crippen LogP contribution in [0.4, 0.5) is 0 Å². The number of amidine groups is 1. The molecule has 4 nitrogen and oxygen atoms in total. The van der Waals surface area contributed by atoms with Crippen LogP contribution in [0.25, 0.3) is 0 Å². The van der Waals surface area contributed by atoms with Crippen LogP contribution in [-0.2, 0) is 0 Å². The van der Waals surface area contributed by atoms with E-state index in [1.807, 2.05) is 42.1 Å². The van der Waals surface area contributed by atoms with Crippen LogP contribution in [0, 0.1) is 0 Å². The molecule has 2 aliphatic rings. The first-order valence-corrected chi connectivity index (χ1v) is 6.07. The molecule has 6 heteroatoms. The van der Waals surface area contributed by atoms with E-state index < -0.39 is 0 Å². The van der Waals surface area contributed by atoms with Gasteiger partial charge in [-0.15, -0.1) is 11.3 Å². The van der Waals surface area contributed by atoms with Gasteiger partial charge in [0.25, 0.3) is 5.91 Å². The molecule has 18 heavy (non-hydrogen) atoms. The molecule has 0 radical (unpaired) electrons. The Morgan fingerprint density at radius 3 is 3.06 bits per heavy atom. The number of aliphatic imine (C=N–C) groups is 1. The summed E-state index contributed by atoms with van der Waals surface area (Å²) in [4.78, 5) is 17.8. The Bertz CT molecular complexity index is 572. The minimum absolute atomic E-state index is 0. The van der Waals surface area contributed by atoms with Crippen LogP contribution in [0.1, 0.15) is 9.67 Å². The molecule has 0 aromatic carbocycles. The third-order valence-electron chi connectivity index (χ3n) is 2.50. The summed E-state index contributed by atoms with van der Waals surface area (Å²) in [6, 6.07) is 3.67. The van der Waals surface area contributed by atoms with Crippen molar-refractivity contribution >= 4 is 23.1 Å². The Kier molecular flexibility index (Phi) is 3.76. The highest BCUT2D eigenvalue weighted by atomic mass is 35.5. The Morgan fingerprint density at radius 2 is 2.28 bits per heavy atom. The summed E-state index contributed by atoms with van der Waals surface area (Å²) in [6.07, 6.45) is 9.37. The highest BCUT2D eigenvalue weighted by Gasteiger charge is 2.20.